The molecule has 0 aromatic carbocycles. The highest BCUT2D eigenvalue weighted by atomic mass is 16.5. The first-order valence-corrected chi connectivity index (χ1v) is 6.58. The lowest BCUT2D eigenvalue weighted by Gasteiger charge is -2.20. The molecule has 1 aliphatic rings. The van der Waals surface area contributed by atoms with Crippen molar-refractivity contribution in [3.05, 3.63) is 0 Å². The van der Waals surface area contributed by atoms with Gasteiger partial charge in [-0.05, 0) is 18.8 Å². The van der Waals surface area contributed by atoms with Crippen LogP contribution >= 0.6 is 0 Å². The number of hydrogen-bond acceptors (Lipinski definition) is 3. The van der Waals surface area contributed by atoms with Crippen molar-refractivity contribution in [3.63, 3.8) is 0 Å². The minimum atomic E-state index is -0.261. The van der Waals surface area contributed by atoms with E-state index in [1.54, 1.807) is 0 Å². The van der Waals surface area contributed by atoms with E-state index in [4.69, 9.17) is 5.21 Å². The van der Waals surface area contributed by atoms with E-state index >= 15 is 0 Å². The molecule has 0 aliphatic carbocycles. The molecule has 18 heavy (non-hydrogen) atoms. The third-order valence-electron chi connectivity index (χ3n) is 3.52. The fourth-order valence-electron chi connectivity index (χ4n) is 2.51. The van der Waals surface area contributed by atoms with Crippen molar-refractivity contribution in [2.45, 2.75) is 33.6 Å². The summed E-state index contributed by atoms with van der Waals surface area (Å²) in [5.41, 5.74) is 0. The van der Waals surface area contributed by atoms with E-state index in [2.05, 4.69) is 0 Å². The van der Waals surface area contributed by atoms with Crippen LogP contribution in [0.4, 0.5) is 0 Å². The van der Waals surface area contributed by atoms with E-state index in [9.17, 15) is 9.59 Å². The molecule has 1 N–H and O–H groups in total. The van der Waals surface area contributed by atoms with Crippen LogP contribution in [0.2, 0.25) is 0 Å². The van der Waals surface area contributed by atoms with Crippen molar-refractivity contribution < 1.29 is 14.8 Å². The number of hydrogen-bond donors (Lipinski definition) is 1. The van der Waals surface area contributed by atoms with Gasteiger partial charge >= 0.3 is 0 Å². The summed E-state index contributed by atoms with van der Waals surface area (Å²) in [7, 11) is 1.35. The van der Waals surface area contributed by atoms with Crippen molar-refractivity contribution >= 4 is 11.8 Å². The fourth-order valence-corrected chi connectivity index (χ4v) is 2.51. The Balaban J connectivity index is 2.43. The van der Waals surface area contributed by atoms with Gasteiger partial charge in [0, 0.05) is 32.0 Å². The number of hydroxylamine groups is 2. The molecule has 5 heteroatoms. The summed E-state index contributed by atoms with van der Waals surface area (Å²) in [6.45, 7) is 7.16. The minimum absolute atomic E-state index is 0.0337. The smallest absolute Gasteiger partial charge is 0.248 e. The molecular weight excluding hydrogens is 232 g/mol. The molecule has 2 unspecified atom stereocenters. The maximum absolute atomic E-state index is 11.8. The number of carbonyl (C=O) groups excluding carboxylic acids is 2. The second-order valence-electron chi connectivity index (χ2n) is 5.59. The molecule has 1 aliphatic heterocycles. The normalized spacial score (nSPS) is 21.2. The van der Waals surface area contributed by atoms with Gasteiger partial charge in [-0.2, -0.15) is 0 Å². The summed E-state index contributed by atoms with van der Waals surface area (Å²) in [6, 6.07) is 0. The lowest BCUT2D eigenvalue weighted by atomic mass is 9.94. The molecule has 2 amide bonds. The van der Waals surface area contributed by atoms with E-state index in [-0.39, 0.29) is 23.7 Å². The summed E-state index contributed by atoms with van der Waals surface area (Å²) < 4.78 is 0. The van der Waals surface area contributed by atoms with Crippen molar-refractivity contribution in [2.75, 3.05) is 20.1 Å². The molecule has 0 bridgehead atoms. The summed E-state index contributed by atoms with van der Waals surface area (Å²) in [5, 5.41) is 9.75. The Labute approximate surface area is 109 Å². The molecule has 1 heterocycles. The average molecular weight is 256 g/mol. The number of nitrogens with zero attached hydrogens (tertiary/aromatic N) is 2. The zero-order valence-electron chi connectivity index (χ0n) is 11.7. The maximum atomic E-state index is 11.8. The van der Waals surface area contributed by atoms with Crippen LogP contribution in [0.3, 0.4) is 0 Å². The second-order valence-corrected chi connectivity index (χ2v) is 5.59. The van der Waals surface area contributed by atoms with Gasteiger partial charge in [0.25, 0.3) is 0 Å². The third-order valence-corrected chi connectivity index (χ3v) is 3.52. The zero-order chi connectivity index (χ0) is 13.9. The van der Waals surface area contributed by atoms with Gasteiger partial charge in [-0.1, -0.05) is 20.8 Å². The molecule has 0 spiro atoms. The first kappa shape index (κ1) is 15.0. The highest BCUT2D eigenvalue weighted by Gasteiger charge is 2.30. The summed E-state index contributed by atoms with van der Waals surface area (Å²) in [4.78, 5) is 25.3. The molecule has 1 saturated heterocycles. The van der Waals surface area contributed by atoms with E-state index < -0.39 is 0 Å². The molecule has 0 radical (unpaired) electrons. The number of likely N-dealkylation sites (tertiary alicyclic amines) is 1. The Bertz CT molecular complexity index is 315. The molecule has 0 saturated carbocycles. The summed E-state index contributed by atoms with van der Waals surface area (Å²) >= 11 is 0. The first-order chi connectivity index (χ1) is 8.32. The number of rotatable bonds is 4. The quantitative estimate of drug-likeness (QED) is 0.610. The van der Waals surface area contributed by atoms with Crippen LogP contribution in [-0.4, -0.2) is 47.1 Å². The topological polar surface area (TPSA) is 60.9 Å². The SMILES string of the molecule is CC(C)C(=O)N1CCC(CC(C)C(=O)N(C)O)C1. The minimum Gasteiger partial charge on any atom is -0.342 e. The predicted octanol–water partition coefficient (Wildman–Crippen LogP) is 1.36. The lowest BCUT2D eigenvalue weighted by molar-refractivity contribution is -0.164. The van der Waals surface area contributed by atoms with Gasteiger partial charge < -0.3 is 4.90 Å². The van der Waals surface area contributed by atoms with Crippen LogP contribution in [0.5, 0.6) is 0 Å². The molecular formula is C13H24N2O3. The lowest BCUT2D eigenvalue weighted by Crippen LogP contribution is -2.33. The Morgan fingerprint density at radius 1 is 1.39 bits per heavy atom. The Morgan fingerprint density at radius 3 is 2.50 bits per heavy atom. The van der Waals surface area contributed by atoms with Crippen LogP contribution in [0.1, 0.15) is 33.6 Å². The Kier molecular flexibility index (Phi) is 5.14. The predicted molar refractivity (Wildman–Crippen MR) is 67.9 cm³/mol. The van der Waals surface area contributed by atoms with Gasteiger partial charge in [0.05, 0.1) is 0 Å². The molecule has 5 nitrogen and oxygen atoms in total. The van der Waals surface area contributed by atoms with E-state index in [1.165, 1.54) is 7.05 Å². The van der Waals surface area contributed by atoms with Gasteiger partial charge in [0.1, 0.15) is 0 Å². The fraction of sp³-hybridized carbons (Fsp3) is 0.846. The van der Waals surface area contributed by atoms with Crippen LogP contribution in [0.15, 0.2) is 0 Å². The van der Waals surface area contributed by atoms with Crippen molar-refractivity contribution in [3.8, 4) is 0 Å². The van der Waals surface area contributed by atoms with Crippen LogP contribution < -0.4 is 0 Å². The highest BCUT2D eigenvalue weighted by molar-refractivity contribution is 5.78. The van der Waals surface area contributed by atoms with Crippen LogP contribution in [0, 0.1) is 17.8 Å². The van der Waals surface area contributed by atoms with E-state index in [0.29, 0.717) is 11.0 Å². The van der Waals surface area contributed by atoms with Gasteiger partial charge in [0.15, 0.2) is 0 Å². The molecule has 0 aromatic rings. The highest BCUT2D eigenvalue weighted by Crippen LogP contribution is 2.25. The average Bonchev–Trinajstić information content (AvgIpc) is 2.74. The van der Waals surface area contributed by atoms with E-state index in [0.717, 1.165) is 25.9 Å². The number of carbonyl (C=O) groups is 2. The van der Waals surface area contributed by atoms with Crippen LogP contribution in [-0.2, 0) is 9.59 Å². The second kappa shape index (κ2) is 6.18. The monoisotopic (exact) mass is 256 g/mol. The molecule has 0 aromatic heterocycles. The standard InChI is InChI=1S/C13H24N2O3/c1-9(2)12(16)15-6-5-11(8-15)7-10(3)13(17)14(4)18/h9-11,18H,5-8H2,1-4H3. The summed E-state index contributed by atoms with van der Waals surface area (Å²) in [5.74, 6) is 0.136. The molecule has 1 rings (SSSR count). The summed E-state index contributed by atoms with van der Waals surface area (Å²) in [6.07, 6.45) is 1.68. The first-order valence-electron chi connectivity index (χ1n) is 6.58. The Hall–Kier alpha value is -1.10. The largest absolute Gasteiger partial charge is 0.342 e. The van der Waals surface area contributed by atoms with Gasteiger partial charge in [-0.3, -0.25) is 14.8 Å². The Morgan fingerprint density at radius 2 is 2.00 bits per heavy atom. The molecule has 104 valence electrons. The van der Waals surface area contributed by atoms with Crippen LogP contribution in [0.25, 0.3) is 0 Å². The molecule has 1 fully saturated rings. The third kappa shape index (κ3) is 3.70. The number of amides is 2. The maximum Gasteiger partial charge on any atom is 0.248 e. The van der Waals surface area contributed by atoms with Gasteiger partial charge in [0.2, 0.25) is 11.8 Å². The van der Waals surface area contributed by atoms with E-state index in [1.807, 2.05) is 25.7 Å². The van der Waals surface area contributed by atoms with Gasteiger partial charge in [-0.15, -0.1) is 0 Å². The zero-order valence-corrected chi connectivity index (χ0v) is 11.7. The molecule has 2 atom stereocenters. The van der Waals surface area contributed by atoms with Crippen molar-refractivity contribution in [1.29, 1.82) is 0 Å². The van der Waals surface area contributed by atoms with Crippen molar-refractivity contribution in [1.82, 2.24) is 9.96 Å². The van der Waals surface area contributed by atoms with Crippen molar-refractivity contribution in [2.24, 2.45) is 17.8 Å². The van der Waals surface area contributed by atoms with Gasteiger partial charge in [-0.25, -0.2) is 5.06 Å².